The van der Waals surface area contributed by atoms with E-state index in [1.54, 1.807) is 0 Å². The maximum absolute atomic E-state index is 11.1. The van der Waals surface area contributed by atoms with Crippen molar-refractivity contribution in [3.8, 4) is 0 Å². The Labute approximate surface area is 94.8 Å². The van der Waals surface area contributed by atoms with Crippen LogP contribution < -0.4 is 5.73 Å². The van der Waals surface area contributed by atoms with Gasteiger partial charge in [-0.1, -0.05) is 30.3 Å². The second-order valence-electron chi connectivity index (χ2n) is 4.03. The topological polar surface area (TPSA) is 58.7 Å². The number of carbonyl (C=O) groups excluding carboxylic acids is 1. The molecule has 4 heteroatoms. The number of guanidine groups is 1. The Balaban J connectivity index is 2.02. The van der Waals surface area contributed by atoms with Crippen LogP contribution in [-0.4, -0.2) is 29.4 Å². The van der Waals surface area contributed by atoms with Crippen LogP contribution in [0.5, 0.6) is 0 Å². The Morgan fingerprint density at radius 3 is 2.69 bits per heavy atom. The smallest absolute Gasteiger partial charge is 0.268 e. The summed E-state index contributed by atoms with van der Waals surface area (Å²) in [5.41, 5.74) is 6.92. The number of nitrogens with zero attached hydrogens (tertiary/aromatic N) is 2. The van der Waals surface area contributed by atoms with Crippen LogP contribution in [0.3, 0.4) is 0 Å². The van der Waals surface area contributed by atoms with E-state index in [1.165, 1.54) is 5.56 Å². The van der Waals surface area contributed by atoms with Gasteiger partial charge in [0.15, 0.2) is 5.96 Å². The van der Waals surface area contributed by atoms with Gasteiger partial charge in [-0.05, 0) is 18.9 Å². The first-order chi connectivity index (χ1) is 7.66. The maximum Gasteiger partial charge on any atom is 0.268 e. The Morgan fingerprint density at radius 2 is 2.12 bits per heavy atom. The molecule has 16 heavy (non-hydrogen) atoms. The van der Waals surface area contributed by atoms with Crippen LogP contribution in [0.4, 0.5) is 0 Å². The first-order valence-electron chi connectivity index (χ1n) is 5.34. The van der Waals surface area contributed by atoms with E-state index in [2.05, 4.69) is 17.1 Å². The molecule has 1 aliphatic rings. The summed E-state index contributed by atoms with van der Waals surface area (Å²) >= 11 is 0. The molecule has 1 amide bonds. The molecule has 0 saturated heterocycles. The van der Waals surface area contributed by atoms with Crippen LogP contribution in [0.15, 0.2) is 35.3 Å². The molecule has 0 radical (unpaired) electrons. The Morgan fingerprint density at radius 1 is 1.44 bits per heavy atom. The summed E-state index contributed by atoms with van der Waals surface area (Å²) in [4.78, 5) is 16.7. The van der Waals surface area contributed by atoms with Crippen molar-refractivity contribution < 1.29 is 4.79 Å². The SMILES string of the molecule is CC(Cc1ccccc1)N1CC(=O)N=C1N. The lowest BCUT2D eigenvalue weighted by Gasteiger charge is -2.24. The van der Waals surface area contributed by atoms with Crippen molar-refractivity contribution in [2.75, 3.05) is 6.54 Å². The molecule has 1 aromatic rings. The van der Waals surface area contributed by atoms with Gasteiger partial charge in [0.25, 0.3) is 5.91 Å². The van der Waals surface area contributed by atoms with Crippen LogP contribution in [0.1, 0.15) is 12.5 Å². The van der Waals surface area contributed by atoms with Crippen molar-refractivity contribution in [2.24, 2.45) is 10.7 Å². The van der Waals surface area contributed by atoms with Gasteiger partial charge in [-0.15, -0.1) is 0 Å². The van der Waals surface area contributed by atoms with E-state index in [0.717, 1.165) is 6.42 Å². The van der Waals surface area contributed by atoms with Crippen molar-refractivity contribution in [1.29, 1.82) is 0 Å². The average Bonchev–Trinajstić information content (AvgIpc) is 2.59. The van der Waals surface area contributed by atoms with Gasteiger partial charge >= 0.3 is 0 Å². The highest BCUT2D eigenvalue weighted by Crippen LogP contribution is 2.11. The van der Waals surface area contributed by atoms with Gasteiger partial charge in [-0.3, -0.25) is 4.79 Å². The second kappa shape index (κ2) is 4.35. The summed E-state index contributed by atoms with van der Waals surface area (Å²) < 4.78 is 0. The van der Waals surface area contributed by atoms with E-state index in [9.17, 15) is 4.79 Å². The van der Waals surface area contributed by atoms with Gasteiger partial charge in [0.2, 0.25) is 0 Å². The summed E-state index contributed by atoms with van der Waals surface area (Å²) in [6.07, 6.45) is 0.865. The van der Waals surface area contributed by atoms with Gasteiger partial charge < -0.3 is 10.6 Å². The van der Waals surface area contributed by atoms with Gasteiger partial charge in [-0.2, -0.15) is 4.99 Å². The Hall–Kier alpha value is -1.84. The van der Waals surface area contributed by atoms with E-state index in [0.29, 0.717) is 12.5 Å². The largest absolute Gasteiger partial charge is 0.369 e. The van der Waals surface area contributed by atoms with Gasteiger partial charge in [0.05, 0.1) is 0 Å². The molecule has 1 unspecified atom stereocenters. The molecule has 0 spiro atoms. The quantitative estimate of drug-likeness (QED) is 0.813. The molecule has 84 valence electrons. The zero-order valence-corrected chi connectivity index (χ0v) is 9.26. The Kier molecular flexibility index (Phi) is 2.90. The number of aliphatic imine (C=N–C) groups is 1. The Bertz CT molecular complexity index is 414. The number of nitrogens with two attached hydrogens (primary N) is 1. The summed E-state index contributed by atoms with van der Waals surface area (Å²) in [6.45, 7) is 2.35. The van der Waals surface area contributed by atoms with Crippen LogP contribution in [0, 0.1) is 0 Å². The summed E-state index contributed by atoms with van der Waals surface area (Å²) in [5, 5.41) is 0. The fraction of sp³-hybridized carbons (Fsp3) is 0.333. The fourth-order valence-electron chi connectivity index (χ4n) is 1.90. The van der Waals surface area contributed by atoms with E-state index in [1.807, 2.05) is 30.0 Å². The molecule has 1 heterocycles. The summed E-state index contributed by atoms with van der Waals surface area (Å²) in [6, 6.07) is 10.3. The highest BCUT2D eigenvalue weighted by Gasteiger charge is 2.25. The third-order valence-electron chi connectivity index (χ3n) is 2.75. The van der Waals surface area contributed by atoms with Crippen LogP contribution in [0.25, 0.3) is 0 Å². The lowest BCUT2D eigenvalue weighted by atomic mass is 10.1. The number of amides is 1. The predicted molar refractivity (Wildman–Crippen MR) is 62.9 cm³/mol. The molecule has 0 aliphatic carbocycles. The van der Waals surface area contributed by atoms with Gasteiger partial charge in [0, 0.05) is 6.04 Å². The molecular formula is C12H15N3O. The minimum atomic E-state index is -0.155. The minimum absolute atomic E-state index is 0.155. The number of rotatable bonds is 3. The molecular weight excluding hydrogens is 202 g/mol. The molecule has 4 nitrogen and oxygen atoms in total. The van der Waals surface area contributed by atoms with Gasteiger partial charge in [-0.25, -0.2) is 0 Å². The summed E-state index contributed by atoms with van der Waals surface area (Å²) in [5.74, 6) is 0.186. The van der Waals surface area contributed by atoms with Crippen molar-refractivity contribution in [2.45, 2.75) is 19.4 Å². The second-order valence-corrected chi connectivity index (χ2v) is 4.03. The fourth-order valence-corrected chi connectivity index (χ4v) is 1.90. The lowest BCUT2D eigenvalue weighted by Crippen LogP contribution is -2.42. The first-order valence-corrected chi connectivity index (χ1v) is 5.34. The third kappa shape index (κ3) is 2.21. The minimum Gasteiger partial charge on any atom is -0.369 e. The van der Waals surface area contributed by atoms with E-state index in [4.69, 9.17) is 5.73 Å². The molecule has 1 atom stereocenters. The molecule has 0 saturated carbocycles. The van der Waals surface area contributed by atoms with Crippen LogP contribution in [0.2, 0.25) is 0 Å². The van der Waals surface area contributed by atoms with E-state index >= 15 is 0 Å². The highest BCUT2D eigenvalue weighted by atomic mass is 16.2. The first kappa shape index (κ1) is 10.7. The molecule has 0 fully saturated rings. The van der Waals surface area contributed by atoms with E-state index in [-0.39, 0.29) is 11.9 Å². The average molecular weight is 217 g/mol. The molecule has 0 bridgehead atoms. The van der Waals surface area contributed by atoms with Gasteiger partial charge in [0.1, 0.15) is 6.54 Å². The maximum atomic E-state index is 11.1. The summed E-state index contributed by atoms with van der Waals surface area (Å²) in [7, 11) is 0. The van der Waals surface area contributed by atoms with Crippen molar-refractivity contribution >= 4 is 11.9 Å². The van der Waals surface area contributed by atoms with E-state index < -0.39 is 0 Å². The standard InChI is InChI=1S/C12H15N3O/c1-9(7-10-5-3-2-4-6-10)15-8-11(16)14-12(15)13/h2-6,9H,7-8H2,1H3,(H2,13,14,16). The third-order valence-corrected chi connectivity index (χ3v) is 2.75. The molecule has 1 aromatic carbocycles. The van der Waals surface area contributed by atoms with Crippen LogP contribution >= 0.6 is 0 Å². The normalized spacial score (nSPS) is 17.4. The van der Waals surface area contributed by atoms with Crippen molar-refractivity contribution in [3.05, 3.63) is 35.9 Å². The van der Waals surface area contributed by atoms with Crippen molar-refractivity contribution in [3.63, 3.8) is 0 Å². The predicted octanol–water partition coefficient (Wildman–Crippen LogP) is 0.774. The molecule has 0 aromatic heterocycles. The molecule has 2 N–H and O–H groups in total. The lowest BCUT2D eigenvalue weighted by molar-refractivity contribution is -0.117. The number of hydrogen-bond donors (Lipinski definition) is 1. The molecule has 1 aliphatic heterocycles. The zero-order valence-electron chi connectivity index (χ0n) is 9.26. The zero-order chi connectivity index (χ0) is 11.5. The van der Waals surface area contributed by atoms with Crippen molar-refractivity contribution in [1.82, 2.24) is 4.90 Å². The monoisotopic (exact) mass is 217 g/mol. The number of benzene rings is 1. The van der Waals surface area contributed by atoms with Crippen LogP contribution in [-0.2, 0) is 11.2 Å². The molecule has 2 rings (SSSR count). The highest BCUT2D eigenvalue weighted by molar-refractivity contribution is 6.00. The number of carbonyl (C=O) groups is 1. The number of hydrogen-bond acceptors (Lipinski definition) is 3.